The third-order valence-electron chi connectivity index (χ3n) is 4.24. The largest absolute Gasteiger partial charge is 0.421 e. The van der Waals surface area contributed by atoms with E-state index in [4.69, 9.17) is 0 Å². The SMILES string of the molecule is C/C=C(\SC)SN1CCN(c2ccc(C(C)(O)C(F)(F)F)cc2)CC1. The minimum absolute atomic E-state index is 0.143. The second kappa shape index (κ2) is 8.24. The smallest absolute Gasteiger partial charge is 0.376 e. The van der Waals surface area contributed by atoms with E-state index in [2.05, 4.69) is 21.5 Å². The van der Waals surface area contributed by atoms with Crippen LogP contribution in [0.1, 0.15) is 19.4 Å². The quantitative estimate of drug-likeness (QED) is 0.747. The van der Waals surface area contributed by atoms with Gasteiger partial charge in [-0.3, -0.25) is 0 Å². The number of nitrogens with zero attached hydrogens (tertiary/aromatic N) is 2. The normalized spacial score (nSPS) is 19.8. The third-order valence-corrected chi connectivity index (χ3v) is 6.64. The first-order valence-corrected chi connectivity index (χ1v) is 9.96. The fourth-order valence-electron chi connectivity index (χ4n) is 2.53. The Hall–Kier alpha value is -0.830. The molecule has 0 amide bonds. The first kappa shape index (κ1) is 20.5. The van der Waals surface area contributed by atoms with Gasteiger partial charge in [0.1, 0.15) is 0 Å². The summed E-state index contributed by atoms with van der Waals surface area (Å²) in [5, 5.41) is 9.73. The zero-order valence-electron chi connectivity index (χ0n) is 14.5. The number of benzene rings is 1. The summed E-state index contributed by atoms with van der Waals surface area (Å²) in [6, 6.07) is 6.01. The molecule has 3 nitrogen and oxygen atoms in total. The average molecular weight is 393 g/mol. The van der Waals surface area contributed by atoms with E-state index < -0.39 is 11.8 Å². The van der Waals surface area contributed by atoms with E-state index in [0.717, 1.165) is 38.8 Å². The van der Waals surface area contributed by atoms with Crippen molar-refractivity contribution in [3.8, 4) is 0 Å². The van der Waals surface area contributed by atoms with E-state index in [1.807, 2.05) is 6.92 Å². The molecule has 25 heavy (non-hydrogen) atoms. The van der Waals surface area contributed by atoms with Gasteiger partial charge in [-0.1, -0.05) is 18.2 Å². The molecule has 1 atom stereocenters. The van der Waals surface area contributed by atoms with Gasteiger partial charge in [-0.25, -0.2) is 4.31 Å². The topological polar surface area (TPSA) is 26.7 Å². The van der Waals surface area contributed by atoms with Gasteiger partial charge in [-0.15, -0.1) is 11.8 Å². The fourth-order valence-corrected chi connectivity index (χ4v) is 4.09. The Morgan fingerprint density at radius 3 is 2.12 bits per heavy atom. The summed E-state index contributed by atoms with van der Waals surface area (Å²) in [5.41, 5.74) is -2.10. The molecule has 0 spiro atoms. The molecule has 1 aliphatic heterocycles. The van der Waals surface area contributed by atoms with Gasteiger partial charge in [-0.05, 0) is 49.7 Å². The van der Waals surface area contributed by atoms with Crippen LogP contribution in [0.15, 0.2) is 34.6 Å². The van der Waals surface area contributed by atoms with Crippen molar-refractivity contribution in [1.29, 1.82) is 0 Å². The van der Waals surface area contributed by atoms with Gasteiger partial charge in [0.25, 0.3) is 0 Å². The second-order valence-corrected chi connectivity index (χ2v) is 8.18. The molecule has 1 aromatic carbocycles. The number of alkyl halides is 3. The van der Waals surface area contributed by atoms with Crippen molar-refractivity contribution in [3.63, 3.8) is 0 Å². The van der Waals surface area contributed by atoms with Crippen LogP contribution in [0.5, 0.6) is 0 Å². The van der Waals surface area contributed by atoms with Crippen LogP contribution in [0.25, 0.3) is 0 Å². The number of hydrogen-bond acceptors (Lipinski definition) is 5. The van der Waals surface area contributed by atoms with Gasteiger partial charge < -0.3 is 10.0 Å². The summed E-state index contributed by atoms with van der Waals surface area (Å²) < 4.78 is 42.3. The van der Waals surface area contributed by atoms with Crippen LogP contribution in [0.2, 0.25) is 0 Å². The summed E-state index contributed by atoms with van der Waals surface area (Å²) in [5.74, 6) is 0. The lowest BCUT2D eigenvalue weighted by atomic mass is 9.95. The highest BCUT2D eigenvalue weighted by Gasteiger charge is 2.51. The van der Waals surface area contributed by atoms with Crippen LogP contribution in [-0.4, -0.2) is 48.0 Å². The molecule has 0 bridgehead atoms. The highest BCUT2D eigenvalue weighted by atomic mass is 32.2. The molecule has 1 saturated heterocycles. The number of piperazine rings is 1. The summed E-state index contributed by atoms with van der Waals surface area (Å²) in [6.45, 7) is 6.19. The molecule has 0 radical (unpaired) electrons. The van der Waals surface area contributed by atoms with Gasteiger partial charge in [0.2, 0.25) is 0 Å². The Morgan fingerprint density at radius 1 is 1.12 bits per heavy atom. The number of rotatable bonds is 5. The van der Waals surface area contributed by atoms with Gasteiger partial charge in [0.15, 0.2) is 5.60 Å². The monoisotopic (exact) mass is 392 g/mol. The molecule has 1 aliphatic rings. The molecule has 1 aromatic rings. The molecule has 140 valence electrons. The predicted molar refractivity (Wildman–Crippen MR) is 101 cm³/mol. The van der Waals surface area contributed by atoms with E-state index in [0.29, 0.717) is 0 Å². The first-order chi connectivity index (χ1) is 11.7. The van der Waals surface area contributed by atoms with Crippen molar-refractivity contribution in [1.82, 2.24) is 4.31 Å². The summed E-state index contributed by atoms with van der Waals surface area (Å²) >= 11 is 3.46. The van der Waals surface area contributed by atoms with E-state index >= 15 is 0 Å². The van der Waals surface area contributed by atoms with Gasteiger partial charge in [0.05, 0.1) is 4.24 Å². The number of hydrogen-bond donors (Lipinski definition) is 1. The van der Waals surface area contributed by atoms with E-state index in [1.54, 1.807) is 35.8 Å². The number of allylic oxidation sites excluding steroid dienone is 1. The van der Waals surface area contributed by atoms with Crippen molar-refractivity contribution in [3.05, 3.63) is 40.1 Å². The maximum atomic E-state index is 12.9. The maximum Gasteiger partial charge on any atom is 0.421 e. The summed E-state index contributed by atoms with van der Waals surface area (Å²) in [6.07, 6.45) is -0.553. The number of thioether (sulfide) groups is 1. The van der Waals surface area contributed by atoms with Crippen molar-refractivity contribution >= 4 is 29.4 Å². The van der Waals surface area contributed by atoms with E-state index in [1.165, 1.54) is 16.4 Å². The Labute approximate surface area is 155 Å². The molecule has 1 heterocycles. The maximum absolute atomic E-state index is 12.9. The molecule has 8 heteroatoms. The standard InChI is InChI=1S/C17H23F3N2OS2/c1-4-15(24-3)25-22-11-9-21(10-12-22)14-7-5-13(6-8-14)16(2,23)17(18,19)20/h4-8,23H,9-12H2,1-3H3/b15-4+. The molecule has 1 fully saturated rings. The molecular weight excluding hydrogens is 369 g/mol. The zero-order valence-corrected chi connectivity index (χ0v) is 16.1. The third kappa shape index (κ3) is 4.87. The number of anilines is 1. The molecule has 0 saturated carbocycles. The average Bonchev–Trinajstić information content (AvgIpc) is 2.59. The van der Waals surface area contributed by atoms with Crippen LogP contribution in [0, 0.1) is 0 Å². The number of halogens is 3. The molecule has 1 N–H and O–H groups in total. The van der Waals surface area contributed by atoms with Gasteiger partial charge >= 0.3 is 6.18 Å². The Kier molecular flexibility index (Phi) is 6.75. The second-order valence-electron chi connectivity index (χ2n) is 5.94. The molecule has 1 unspecified atom stereocenters. The minimum atomic E-state index is -4.70. The molecule has 0 aliphatic carbocycles. The van der Waals surface area contributed by atoms with Crippen LogP contribution in [0.3, 0.4) is 0 Å². The molecule has 0 aromatic heterocycles. The lowest BCUT2D eigenvalue weighted by Crippen LogP contribution is -2.43. The van der Waals surface area contributed by atoms with Crippen LogP contribution in [-0.2, 0) is 5.60 Å². The number of aliphatic hydroxyl groups is 1. The highest BCUT2D eigenvalue weighted by molar-refractivity contribution is 8.20. The Morgan fingerprint density at radius 2 is 1.68 bits per heavy atom. The summed E-state index contributed by atoms with van der Waals surface area (Å²) in [7, 11) is 0. The van der Waals surface area contributed by atoms with Crippen molar-refractivity contribution in [2.45, 2.75) is 25.6 Å². The molecule has 2 rings (SSSR count). The minimum Gasteiger partial charge on any atom is -0.376 e. The van der Waals surface area contributed by atoms with E-state index in [-0.39, 0.29) is 5.56 Å². The van der Waals surface area contributed by atoms with E-state index in [9.17, 15) is 18.3 Å². The van der Waals surface area contributed by atoms with Crippen LogP contribution >= 0.6 is 23.7 Å². The first-order valence-electron chi connectivity index (χ1n) is 7.97. The molecular formula is C17H23F3N2OS2. The van der Waals surface area contributed by atoms with Gasteiger partial charge in [0, 0.05) is 31.9 Å². The summed E-state index contributed by atoms with van der Waals surface area (Å²) in [4.78, 5) is 2.15. The van der Waals surface area contributed by atoms with Gasteiger partial charge in [-0.2, -0.15) is 13.2 Å². The fraction of sp³-hybridized carbons (Fsp3) is 0.529. The predicted octanol–water partition coefficient (Wildman–Crippen LogP) is 4.45. The van der Waals surface area contributed by atoms with Crippen molar-refractivity contribution in [2.75, 3.05) is 37.3 Å². The van der Waals surface area contributed by atoms with Crippen molar-refractivity contribution in [2.24, 2.45) is 0 Å². The highest BCUT2D eigenvalue weighted by Crippen LogP contribution is 2.39. The van der Waals surface area contributed by atoms with Crippen molar-refractivity contribution < 1.29 is 18.3 Å². The van der Waals surface area contributed by atoms with Crippen LogP contribution < -0.4 is 4.90 Å². The van der Waals surface area contributed by atoms with Crippen LogP contribution in [0.4, 0.5) is 18.9 Å². The lowest BCUT2D eigenvalue weighted by molar-refractivity contribution is -0.258. The zero-order chi connectivity index (χ0) is 18.7. The Balaban J connectivity index is 1.98. The lowest BCUT2D eigenvalue weighted by Gasteiger charge is -2.35. The Bertz CT molecular complexity index is 595.